The number of benzene rings is 1. The van der Waals surface area contributed by atoms with Gasteiger partial charge in [-0.1, -0.05) is 0 Å². The van der Waals surface area contributed by atoms with E-state index in [4.69, 9.17) is 15.2 Å². The lowest BCUT2D eigenvalue weighted by Gasteiger charge is -2.12. The molecule has 1 heterocycles. The molecular weight excluding hydrogens is 194 g/mol. The maximum atomic E-state index is 11.3. The first-order valence-corrected chi connectivity index (χ1v) is 4.87. The second-order valence-electron chi connectivity index (χ2n) is 3.53. The monoisotopic (exact) mass is 207 g/mol. The summed E-state index contributed by atoms with van der Waals surface area (Å²) >= 11 is 0. The molecule has 1 atom stereocenters. The molecule has 0 amide bonds. The van der Waals surface area contributed by atoms with Crippen molar-refractivity contribution in [3.63, 3.8) is 0 Å². The minimum atomic E-state index is -0.0415. The molecule has 0 saturated carbocycles. The van der Waals surface area contributed by atoms with E-state index in [1.54, 1.807) is 18.2 Å². The highest BCUT2D eigenvalue weighted by Crippen LogP contribution is 2.29. The molecule has 2 N–H and O–H groups in total. The zero-order chi connectivity index (χ0) is 10.8. The number of fused-ring (bicyclic) bond motifs is 1. The van der Waals surface area contributed by atoms with Crippen LogP contribution in [0.5, 0.6) is 11.5 Å². The Morgan fingerprint density at radius 2 is 2.40 bits per heavy atom. The van der Waals surface area contributed by atoms with Gasteiger partial charge >= 0.3 is 0 Å². The van der Waals surface area contributed by atoms with Gasteiger partial charge in [-0.05, 0) is 19.1 Å². The van der Waals surface area contributed by atoms with Gasteiger partial charge in [-0.25, -0.2) is 0 Å². The zero-order valence-corrected chi connectivity index (χ0v) is 8.53. The van der Waals surface area contributed by atoms with Crippen LogP contribution in [0.25, 0.3) is 0 Å². The summed E-state index contributed by atoms with van der Waals surface area (Å²) < 4.78 is 10.7. The molecule has 0 aliphatic carbocycles. The molecule has 4 nitrogen and oxygen atoms in total. The SMILES string of the molecule is CC(CN)Oc1ccc2c(c1)OCC2=O. The van der Waals surface area contributed by atoms with E-state index in [0.717, 1.165) is 0 Å². The van der Waals surface area contributed by atoms with Crippen LogP contribution >= 0.6 is 0 Å². The van der Waals surface area contributed by atoms with Gasteiger partial charge in [0.1, 0.15) is 17.6 Å². The van der Waals surface area contributed by atoms with Crippen molar-refractivity contribution in [2.45, 2.75) is 13.0 Å². The van der Waals surface area contributed by atoms with Crippen molar-refractivity contribution >= 4 is 5.78 Å². The lowest BCUT2D eigenvalue weighted by atomic mass is 10.1. The van der Waals surface area contributed by atoms with Gasteiger partial charge in [-0.2, -0.15) is 0 Å². The van der Waals surface area contributed by atoms with Crippen molar-refractivity contribution in [1.29, 1.82) is 0 Å². The fourth-order valence-electron chi connectivity index (χ4n) is 1.43. The van der Waals surface area contributed by atoms with Gasteiger partial charge in [0, 0.05) is 12.6 Å². The molecule has 0 saturated heterocycles. The summed E-state index contributed by atoms with van der Waals surface area (Å²) in [6.45, 7) is 2.47. The van der Waals surface area contributed by atoms with Crippen LogP contribution in [0.1, 0.15) is 17.3 Å². The zero-order valence-electron chi connectivity index (χ0n) is 8.53. The lowest BCUT2D eigenvalue weighted by Crippen LogP contribution is -2.22. The van der Waals surface area contributed by atoms with Crippen LogP contribution in [0.4, 0.5) is 0 Å². The molecule has 1 aliphatic rings. The Hall–Kier alpha value is -1.55. The first-order valence-electron chi connectivity index (χ1n) is 4.87. The molecule has 1 aromatic rings. The minimum absolute atomic E-state index is 0.0171. The number of ketones is 1. The molecule has 80 valence electrons. The molecule has 15 heavy (non-hydrogen) atoms. The van der Waals surface area contributed by atoms with Gasteiger partial charge in [0.25, 0.3) is 0 Å². The van der Waals surface area contributed by atoms with Crippen molar-refractivity contribution in [2.24, 2.45) is 5.73 Å². The van der Waals surface area contributed by atoms with Gasteiger partial charge in [-0.15, -0.1) is 0 Å². The highest BCUT2D eigenvalue weighted by atomic mass is 16.5. The number of hydrogen-bond acceptors (Lipinski definition) is 4. The van der Waals surface area contributed by atoms with Gasteiger partial charge in [-0.3, -0.25) is 4.79 Å². The number of carbonyl (C=O) groups excluding carboxylic acids is 1. The van der Waals surface area contributed by atoms with E-state index >= 15 is 0 Å². The van der Waals surface area contributed by atoms with Crippen molar-refractivity contribution in [1.82, 2.24) is 0 Å². The number of rotatable bonds is 3. The topological polar surface area (TPSA) is 61.6 Å². The second kappa shape index (κ2) is 3.90. The van der Waals surface area contributed by atoms with E-state index in [2.05, 4.69) is 0 Å². The minimum Gasteiger partial charge on any atom is -0.489 e. The summed E-state index contributed by atoms with van der Waals surface area (Å²) in [5.41, 5.74) is 6.07. The average molecular weight is 207 g/mol. The Bertz CT molecular complexity index is 389. The third-order valence-corrected chi connectivity index (χ3v) is 2.28. The first-order chi connectivity index (χ1) is 7.20. The molecule has 1 aromatic carbocycles. The molecule has 0 fully saturated rings. The van der Waals surface area contributed by atoms with Crippen LogP contribution in [-0.4, -0.2) is 25.0 Å². The number of hydrogen-bond donors (Lipinski definition) is 1. The maximum absolute atomic E-state index is 11.3. The van der Waals surface area contributed by atoms with Crippen LogP contribution in [-0.2, 0) is 0 Å². The van der Waals surface area contributed by atoms with Crippen molar-refractivity contribution in [3.8, 4) is 11.5 Å². The third kappa shape index (κ3) is 1.94. The predicted molar refractivity (Wildman–Crippen MR) is 55.4 cm³/mol. The van der Waals surface area contributed by atoms with E-state index in [1.165, 1.54) is 0 Å². The number of Topliss-reactive ketones (excluding diaryl/α,β-unsaturated/α-hetero) is 1. The van der Waals surface area contributed by atoms with Crippen molar-refractivity contribution in [3.05, 3.63) is 23.8 Å². The van der Waals surface area contributed by atoms with Crippen molar-refractivity contribution < 1.29 is 14.3 Å². The molecule has 4 heteroatoms. The number of carbonyl (C=O) groups is 1. The van der Waals surface area contributed by atoms with Crippen LogP contribution in [0.2, 0.25) is 0 Å². The van der Waals surface area contributed by atoms with E-state index < -0.39 is 0 Å². The number of nitrogens with two attached hydrogens (primary N) is 1. The van der Waals surface area contributed by atoms with E-state index in [9.17, 15) is 4.79 Å². The average Bonchev–Trinajstić information content (AvgIpc) is 2.60. The number of ether oxygens (including phenoxy) is 2. The van der Waals surface area contributed by atoms with Gasteiger partial charge in [0.05, 0.1) is 5.56 Å². The van der Waals surface area contributed by atoms with E-state index in [0.29, 0.717) is 23.6 Å². The summed E-state index contributed by atoms with van der Waals surface area (Å²) in [6.07, 6.45) is -0.0415. The molecule has 2 rings (SSSR count). The highest BCUT2D eigenvalue weighted by molar-refractivity contribution is 6.02. The van der Waals surface area contributed by atoms with E-state index in [-0.39, 0.29) is 18.5 Å². The second-order valence-corrected chi connectivity index (χ2v) is 3.53. The van der Waals surface area contributed by atoms with Crippen LogP contribution in [0.15, 0.2) is 18.2 Å². The summed E-state index contributed by atoms with van der Waals surface area (Å²) in [5, 5.41) is 0. The molecule has 1 unspecified atom stereocenters. The smallest absolute Gasteiger partial charge is 0.203 e. The normalized spacial score (nSPS) is 15.7. The van der Waals surface area contributed by atoms with Crippen molar-refractivity contribution in [2.75, 3.05) is 13.2 Å². The molecular formula is C11H13NO3. The molecule has 0 aromatic heterocycles. The van der Waals surface area contributed by atoms with Gasteiger partial charge in [0.15, 0.2) is 6.61 Å². The van der Waals surface area contributed by atoms with Crippen LogP contribution < -0.4 is 15.2 Å². The van der Waals surface area contributed by atoms with Gasteiger partial charge < -0.3 is 15.2 Å². The van der Waals surface area contributed by atoms with E-state index in [1.807, 2.05) is 6.92 Å². The Kier molecular flexibility index (Phi) is 2.60. The Morgan fingerprint density at radius 3 is 3.13 bits per heavy atom. The Labute approximate surface area is 88.0 Å². The fraction of sp³-hybridized carbons (Fsp3) is 0.364. The van der Waals surface area contributed by atoms with Crippen LogP contribution in [0, 0.1) is 0 Å². The van der Waals surface area contributed by atoms with Gasteiger partial charge in [0.2, 0.25) is 5.78 Å². The summed E-state index contributed by atoms with van der Waals surface area (Å²) in [7, 11) is 0. The summed E-state index contributed by atoms with van der Waals surface area (Å²) in [6, 6.07) is 5.22. The summed E-state index contributed by atoms with van der Waals surface area (Å²) in [5.74, 6) is 1.30. The maximum Gasteiger partial charge on any atom is 0.203 e. The quantitative estimate of drug-likeness (QED) is 0.802. The molecule has 1 aliphatic heterocycles. The van der Waals surface area contributed by atoms with Crippen LogP contribution in [0.3, 0.4) is 0 Å². The summed E-state index contributed by atoms with van der Waals surface area (Å²) in [4.78, 5) is 11.3. The predicted octanol–water partition coefficient (Wildman–Crippen LogP) is 0.988. The molecule has 0 bridgehead atoms. The molecule has 0 spiro atoms. The standard InChI is InChI=1S/C11H13NO3/c1-7(5-12)15-8-2-3-9-10(13)6-14-11(9)4-8/h2-4,7H,5-6,12H2,1H3. The molecule has 0 radical (unpaired) electrons. The third-order valence-electron chi connectivity index (χ3n) is 2.28. The highest BCUT2D eigenvalue weighted by Gasteiger charge is 2.21. The lowest BCUT2D eigenvalue weighted by molar-refractivity contribution is 0.0961. The largest absolute Gasteiger partial charge is 0.489 e. The fourth-order valence-corrected chi connectivity index (χ4v) is 1.43. The Balaban J connectivity index is 2.19. The Morgan fingerprint density at radius 1 is 1.60 bits per heavy atom. The first kappa shape index (κ1) is 9.98.